The Bertz CT molecular complexity index is 294. The SMILES string of the molecule is CCCc1ccnc(OC2CCC2)c1. The first kappa shape index (κ1) is 9.50. The molecule has 76 valence electrons. The molecule has 0 aromatic carbocycles. The van der Waals surface area contributed by atoms with Crippen LogP contribution in [-0.4, -0.2) is 11.1 Å². The molecule has 0 radical (unpaired) electrons. The van der Waals surface area contributed by atoms with Gasteiger partial charge in [0.05, 0.1) is 0 Å². The number of aryl methyl sites for hydroxylation is 1. The van der Waals surface area contributed by atoms with Crippen LogP contribution in [0.25, 0.3) is 0 Å². The van der Waals surface area contributed by atoms with Crippen LogP contribution in [0.1, 0.15) is 38.2 Å². The standard InChI is InChI=1S/C12H17NO/c1-2-4-10-7-8-13-12(9-10)14-11-5-3-6-11/h7-9,11H,2-6H2,1H3. The van der Waals surface area contributed by atoms with Crippen molar-refractivity contribution in [2.45, 2.75) is 45.1 Å². The highest BCUT2D eigenvalue weighted by Crippen LogP contribution is 2.24. The van der Waals surface area contributed by atoms with Gasteiger partial charge in [-0.15, -0.1) is 0 Å². The summed E-state index contributed by atoms with van der Waals surface area (Å²) in [5.41, 5.74) is 1.33. The van der Waals surface area contributed by atoms with Crippen LogP contribution in [0.5, 0.6) is 5.88 Å². The molecule has 1 aliphatic carbocycles. The zero-order valence-electron chi connectivity index (χ0n) is 8.70. The fourth-order valence-corrected chi connectivity index (χ4v) is 1.62. The molecule has 1 saturated carbocycles. The highest BCUT2D eigenvalue weighted by atomic mass is 16.5. The molecule has 2 nitrogen and oxygen atoms in total. The molecule has 0 saturated heterocycles. The van der Waals surface area contributed by atoms with Crippen molar-refractivity contribution in [1.82, 2.24) is 4.98 Å². The van der Waals surface area contributed by atoms with Gasteiger partial charge in [0.15, 0.2) is 0 Å². The quantitative estimate of drug-likeness (QED) is 0.730. The van der Waals surface area contributed by atoms with E-state index in [1.807, 2.05) is 6.20 Å². The lowest BCUT2D eigenvalue weighted by atomic mass is 9.96. The fraction of sp³-hybridized carbons (Fsp3) is 0.583. The number of rotatable bonds is 4. The van der Waals surface area contributed by atoms with E-state index < -0.39 is 0 Å². The maximum atomic E-state index is 5.73. The van der Waals surface area contributed by atoms with Gasteiger partial charge in [-0.3, -0.25) is 0 Å². The second-order valence-electron chi connectivity index (χ2n) is 3.92. The van der Waals surface area contributed by atoms with E-state index in [9.17, 15) is 0 Å². The normalized spacial score (nSPS) is 16.4. The summed E-state index contributed by atoms with van der Waals surface area (Å²) in [4.78, 5) is 4.22. The van der Waals surface area contributed by atoms with Crippen LogP contribution >= 0.6 is 0 Å². The molecule has 2 rings (SSSR count). The molecule has 1 aliphatic rings. The minimum Gasteiger partial charge on any atom is -0.474 e. The van der Waals surface area contributed by atoms with E-state index in [0.717, 1.165) is 12.3 Å². The highest BCUT2D eigenvalue weighted by molar-refractivity contribution is 5.20. The lowest BCUT2D eigenvalue weighted by Gasteiger charge is -2.25. The first-order valence-electron chi connectivity index (χ1n) is 5.50. The molecule has 1 aromatic heterocycles. The van der Waals surface area contributed by atoms with Gasteiger partial charge in [-0.2, -0.15) is 0 Å². The Hall–Kier alpha value is -1.05. The third kappa shape index (κ3) is 2.25. The number of ether oxygens (including phenoxy) is 1. The van der Waals surface area contributed by atoms with E-state index in [2.05, 4.69) is 24.0 Å². The summed E-state index contributed by atoms with van der Waals surface area (Å²) in [6.45, 7) is 2.19. The molecule has 14 heavy (non-hydrogen) atoms. The van der Waals surface area contributed by atoms with Crippen LogP contribution < -0.4 is 4.74 Å². The lowest BCUT2D eigenvalue weighted by molar-refractivity contribution is 0.114. The van der Waals surface area contributed by atoms with Gasteiger partial charge >= 0.3 is 0 Å². The smallest absolute Gasteiger partial charge is 0.213 e. The molecule has 1 heterocycles. The number of hydrogen-bond donors (Lipinski definition) is 0. The molecule has 0 unspecified atom stereocenters. The zero-order valence-corrected chi connectivity index (χ0v) is 8.70. The molecule has 1 aromatic rings. The second-order valence-corrected chi connectivity index (χ2v) is 3.92. The van der Waals surface area contributed by atoms with Crippen LogP contribution in [0.15, 0.2) is 18.3 Å². The summed E-state index contributed by atoms with van der Waals surface area (Å²) < 4.78 is 5.73. The summed E-state index contributed by atoms with van der Waals surface area (Å²) >= 11 is 0. The predicted molar refractivity (Wildman–Crippen MR) is 56.5 cm³/mol. The Morgan fingerprint density at radius 3 is 3.00 bits per heavy atom. The number of hydrogen-bond acceptors (Lipinski definition) is 2. The molecule has 0 aliphatic heterocycles. The Balaban J connectivity index is 1.97. The number of aromatic nitrogens is 1. The van der Waals surface area contributed by atoms with Gasteiger partial charge < -0.3 is 4.74 Å². The number of pyridine rings is 1. The second kappa shape index (κ2) is 4.45. The van der Waals surface area contributed by atoms with Crippen molar-refractivity contribution >= 4 is 0 Å². The van der Waals surface area contributed by atoms with Gasteiger partial charge in [-0.25, -0.2) is 4.98 Å². The lowest BCUT2D eigenvalue weighted by Crippen LogP contribution is -2.24. The molecule has 0 bridgehead atoms. The summed E-state index contributed by atoms with van der Waals surface area (Å²) in [6, 6.07) is 4.14. The van der Waals surface area contributed by atoms with Gasteiger partial charge in [0.25, 0.3) is 0 Å². The molecule has 0 N–H and O–H groups in total. The minimum atomic E-state index is 0.430. The molecular formula is C12H17NO. The topological polar surface area (TPSA) is 22.1 Å². The van der Waals surface area contributed by atoms with Gasteiger partial charge in [0, 0.05) is 12.3 Å². The van der Waals surface area contributed by atoms with E-state index >= 15 is 0 Å². The first-order chi connectivity index (χ1) is 6.88. The third-order valence-electron chi connectivity index (χ3n) is 2.68. The van der Waals surface area contributed by atoms with Crippen LogP contribution in [0.4, 0.5) is 0 Å². The van der Waals surface area contributed by atoms with Crippen molar-refractivity contribution in [2.24, 2.45) is 0 Å². The summed E-state index contributed by atoms with van der Waals surface area (Å²) in [7, 11) is 0. The van der Waals surface area contributed by atoms with E-state index in [1.165, 1.54) is 31.2 Å². The Morgan fingerprint density at radius 2 is 2.36 bits per heavy atom. The van der Waals surface area contributed by atoms with E-state index in [1.54, 1.807) is 0 Å². The van der Waals surface area contributed by atoms with Crippen molar-refractivity contribution in [2.75, 3.05) is 0 Å². The van der Waals surface area contributed by atoms with Crippen molar-refractivity contribution in [3.63, 3.8) is 0 Å². The van der Waals surface area contributed by atoms with Crippen molar-refractivity contribution in [3.05, 3.63) is 23.9 Å². The van der Waals surface area contributed by atoms with E-state index in [4.69, 9.17) is 4.74 Å². The minimum absolute atomic E-state index is 0.430. The van der Waals surface area contributed by atoms with Crippen LogP contribution in [0.2, 0.25) is 0 Å². The third-order valence-corrected chi connectivity index (χ3v) is 2.68. The van der Waals surface area contributed by atoms with E-state index in [0.29, 0.717) is 6.10 Å². The molecular weight excluding hydrogens is 174 g/mol. The Labute approximate surface area is 85.3 Å². The van der Waals surface area contributed by atoms with Crippen LogP contribution in [-0.2, 0) is 6.42 Å². The van der Waals surface area contributed by atoms with Crippen LogP contribution in [0, 0.1) is 0 Å². The van der Waals surface area contributed by atoms with Gasteiger partial charge in [-0.1, -0.05) is 13.3 Å². The van der Waals surface area contributed by atoms with Gasteiger partial charge in [0.2, 0.25) is 5.88 Å². The maximum Gasteiger partial charge on any atom is 0.213 e. The van der Waals surface area contributed by atoms with Crippen LogP contribution in [0.3, 0.4) is 0 Å². The molecule has 2 heteroatoms. The Morgan fingerprint density at radius 1 is 1.50 bits per heavy atom. The van der Waals surface area contributed by atoms with Gasteiger partial charge in [-0.05, 0) is 37.3 Å². The summed E-state index contributed by atoms with van der Waals surface area (Å²) in [5, 5.41) is 0. The molecule has 1 fully saturated rings. The maximum absolute atomic E-state index is 5.73. The number of nitrogens with zero attached hydrogens (tertiary/aromatic N) is 1. The van der Waals surface area contributed by atoms with Crippen molar-refractivity contribution in [1.29, 1.82) is 0 Å². The summed E-state index contributed by atoms with van der Waals surface area (Å²) in [6.07, 6.45) is 8.26. The molecule has 0 atom stereocenters. The summed E-state index contributed by atoms with van der Waals surface area (Å²) in [5.74, 6) is 0.806. The van der Waals surface area contributed by atoms with Gasteiger partial charge in [0.1, 0.15) is 6.10 Å². The fourth-order valence-electron chi connectivity index (χ4n) is 1.62. The van der Waals surface area contributed by atoms with Crippen molar-refractivity contribution in [3.8, 4) is 5.88 Å². The highest BCUT2D eigenvalue weighted by Gasteiger charge is 2.19. The monoisotopic (exact) mass is 191 g/mol. The zero-order chi connectivity index (χ0) is 9.80. The predicted octanol–water partition coefficient (Wildman–Crippen LogP) is 2.97. The average Bonchev–Trinajstić information content (AvgIpc) is 2.13. The molecule has 0 spiro atoms. The van der Waals surface area contributed by atoms with E-state index in [-0.39, 0.29) is 0 Å². The Kier molecular flexibility index (Phi) is 3.02. The average molecular weight is 191 g/mol. The van der Waals surface area contributed by atoms with Crippen molar-refractivity contribution < 1.29 is 4.74 Å². The molecule has 0 amide bonds. The largest absolute Gasteiger partial charge is 0.474 e. The first-order valence-corrected chi connectivity index (χ1v) is 5.50.